The summed E-state index contributed by atoms with van der Waals surface area (Å²) < 4.78 is 6.28. The molecule has 2 heteroatoms. The predicted molar refractivity (Wildman–Crippen MR) is 95.3 cm³/mol. The molecule has 0 saturated heterocycles. The van der Waals surface area contributed by atoms with Gasteiger partial charge in [0.05, 0.1) is 6.10 Å². The van der Waals surface area contributed by atoms with Gasteiger partial charge in [0.2, 0.25) is 0 Å². The number of ether oxygens (including phenoxy) is 1. The molecule has 2 fully saturated rings. The van der Waals surface area contributed by atoms with Crippen molar-refractivity contribution < 1.29 is 4.74 Å². The smallest absolute Gasteiger partial charge is 0.0575 e. The van der Waals surface area contributed by atoms with Gasteiger partial charge >= 0.3 is 0 Å². The average molecular weight is 310 g/mol. The molecule has 0 bridgehead atoms. The van der Waals surface area contributed by atoms with Crippen LogP contribution in [0.1, 0.15) is 84.0 Å². The minimum Gasteiger partial charge on any atom is -0.378 e. The molecule has 0 aromatic rings. The normalized spacial score (nSPS) is 33.3. The summed E-state index contributed by atoms with van der Waals surface area (Å²) in [5.41, 5.74) is 0. The summed E-state index contributed by atoms with van der Waals surface area (Å²) in [6, 6.07) is 0.815. The van der Waals surface area contributed by atoms with E-state index in [4.69, 9.17) is 4.74 Å². The van der Waals surface area contributed by atoms with Crippen LogP contribution in [0.2, 0.25) is 0 Å². The van der Waals surface area contributed by atoms with Crippen molar-refractivity contribution in [3.8, 4) is 0 Å². The highest BCUT2D eigenvalue weighted by Gasteiger charge is 2.25. The minimum absolute atomic E-state index is 0.578. The lowest BCUT2D eigenvalue weighted by atomic mass is 9.83. The van der Waals surface area contributed by atoms with Gasteiger partial charge in [0.25, 0.3) is 0 Å². The Morgan fingerprint density at radius 1 is 0.818 bits per heavy atom. The van der Waals surface area contributed by atoms with E-state index in [1.807, 2.05) is 0 Å². The molecular weight excluding hydrogens is 270 g/mol. The second kappa shape index (κ2) is 9.93. The molecule has 130 valence electrons. The van der Waals surface area contributed by atoms with Crippen molar-refractivity contribution in [3.05, 3.63) is 0 Å². The van der Waals surface area contributed by atoms with Gasteiger partial charge in [0, 0.05) is 12.6 Å². The Labute approximate surface area is 139 Å². The van der Waals surface area contributed by atoms with Crippen LogP contribution in [0.15, 0.2) is 0 Å². The molecule has 0 spiro atoms. The van der Waals surface area contributed by atoms with Gasteiger partial charge in [-0.3, -0.25) is 0 Å². The molecule has 0 aliphatic heterocycles. The molecule has 22 heavy (non-hydrogen) atoms. The lowest BCUT2D eigenvalue weighted by Crippen LogP contribution is -2.33. The number of rotatable bonds is 8. The molecule has 2 saturated carbocycles. The zero-order valence-electron chi connectivity index (χ0n) is 15.4. The van der Waals surface area contributed by atoms with Crippen LogP contribution in [0.4, 0.5) is 0 Å². The fraction of sp³-hybridized carbons (Fsp3) is 1.00. The van der Waals surface area contributed by atoms with Crippen molar-refractivity contribution >= 4 is 0 Å². The summed E-state index contributed by atoms with van der Waals surface area (Å²) in [7, 11) is 4.45. The maximum atomic E-state index is 6.28. The number of unbranched alkanes of at least 4 members (excludes halogenated alkanes) is 2. The van der Waals surface area contributed by atoms with E-state index in [1.165, 1.54) is 77.0 Å². The Balaban J connectivity index is 1.54. The van der Waals surface area contributed by atoms with Crippen molar-refractivity contribution in [2.24, 2.45) is 11.8 Å². The van der Waals surface area contributed by atoms with E-state index >= 15 is 0 Å². The average Bonchev–Trinajstić information content (AvgIpc) is 2.55. The van der Waals surface area contributed by atoms with Crippen LogP contribution in [-0.2, 0) is 4.74 Å². The van der Waals surface area contributed by atoms with Crippen LogP contribution in [0.5, 0.6) is 0 Å². The van der Waals surface area contributed by atoms with E-state index in [-0.39, 0.29) is 0 Å². The molecular formula is C20H39NO. The monoisotopic (exact) mass is 309 g/mol. The standard InChI is InChI=1S/C20H39NO/c1-4-5-6-7-17-10-14-20(15-11-17)22-16-18-8-12-19(13-9-18)21(2)3/h17-20H,4-16H2,1-3H3. The highest BCUT2D eigenvalue weighted by Crippen LogP contribution is 2.32. The predicted octanol–water partition coefficient (Wildman–Crippen LogP) is 5.26. The van der Waals surface area contributed by atoms with Crippen molar-refractivity contribution in [1.29, 1.82) is 0 Å². The van der Waals surface area contributed by atoms with Gasteiger partial charge < -0.3 is 9.64 Å². The third-order valence-electron chi connectivity index (χ3n) is 6.12. The first-order chi connectivity index (χ1) is 10.7. The number of hydrogen-bond acceptors (Lipinski definition) is 2. The van der Waals surface area contributed by atoms with Crippen LogP contribution in [-0.4, -0.2) is 37.7 Å². The van der Waals surface area contributed by atoms with Crippen molar-refractivity contribution in [1.82, 2.24) is 4.90 Å². The molecule has 2 rings (SSSR count). The lowest BCUT2D eigenvalue weighted by Gasteiger charge is -2.34. The Morgan fingerprint density at radius 2 is 1.45 bits per heavy atom. The summed E-state index contributed by atoms with van der Waals surface area (Å²) in [6.07, 6.45) is 17.2. The zero-order valence-corrected chi connectivity index (χ0v) is 15.4. The summed E-state index contributed by atoms with van der Waals surface area (Å²) in [5, 5.41) is 0. The zero-order chi connectivity index (χ0) is 15.8. The first-order valence-electron chi connectivity index (χ1n) is 9.97. The molecule has 0 heterocycles. The maximum absolute atomic E-state index is 6.28. The van der Waals surface area contributed by atoms with Crippen LogP contribution in [0, 0.1) is 11.8 Å². The molecule has 0 N–H and O–H groups in total. The summed E-state index contributed by atoms with van der Waals surface area (Å²) in [6.45, 7) is 3.34. The Hall–Kier alpha value is -0.0800. The van der Waals surface area contributed by atoms with Crippen LogP contribution in [0.25, 0.3) is 0 Å². The van der Waals surface area contributed by atoms with Gasteiger partial charge in [0.15, 0.2) is 0 Å². The molecule has 0 unspecified atom stereocenters. The number of nitrogens with zero attached hydrogens (tertiary/aromatic N) is 1. The Kier molecular flexibility index (Phi) is 8.24. The first kappa shape index (κ1) is 18.3. The SMILES string of the molecule is CCCCCC1CCC(OCC2CCC(N(C)C)CC2)CC1. The third kappa shape index (κ3) is 6.20. The van der Waals surface area contributed by atoms with E-state index in [0.29, 0.717) is 6.10 Å². The topological polar surface area (TPSA) is 12.5 Å². The Bertz CT molecular complexity index is 275. The lowest BCUT2D eigenvalue weighted by molar-refractivity contribution is -0.0113. The summed E-state index contributed by atoms with van der Waals surface area (Å²) in [5.74, 6) is 1.83. The molecule has 0 amide bonds. The molecule has 2 aliphatic carbocycles. The van der Waals surface area contributed by atoms with E-state index < -0.39 is 0 Å². The van der Waals surface area contributed by atoms with E-state index in [1.54, 1.807) is 0 Å². The molecule has 2 aliphatic rings. The third-order valence-corrected chi connectivity index (χ3v) is 6.12. The van der Waals surface area contributed by atoms with Gasteiger partial charge in [-0.1, -0.05) is 32.6 Å². The van der Waals surface area contributed by atoms with Crippen molar-refractivity contribution in [2.45, 2.75) is 96.1 Å². The van der Waals surface area contributed by atoms with E-state index in [9.17, 15) is 0 Å². The van der Waals surface area contributed by atoms with Crippen molar-refractivity contribution in [3.63, 3.8) is 0 Å². The van der Waals surface area contributed by atoms with Gasteiger partial charge in [-0.25, -0.2) is 0 Å². The summed E-state index contributed by atoms with van der Waals surface area (Å²) in [4.78, 5) is 2.40. The molecule has 0 aromatic carbocycles. The maximum Gasteiger partial charge on any atom is 0.0575 e. The minimum atomic E-state index is 0.578. The van der Waals surface area contributed by atoms with Gasteiger partial charge in [-0.15, -0.1) is 0 Å². The van der Waals surface area contributed by atoms with E-state index in [0.717, 1.165) is 24.5 Å². The molecule has 0 aromatic heterocycles. The summed E-state index contributed by atoms with van der Waals surface area (Å²) >= 11 is 0. The molecule has 2 nitrogen and oxygen atoms in total. The van der Waals surface area contributed by atoms with Crippen LogP contribution < -0.4 is 0 Å². The quantitative estimate of drug-likeness (QED) is 0.567. The molecule has 0 atom stereocenters. The fourth-order valence-corrected chi connectivity index (χ4v) is 4.37. The molecule has 0 radical (unpaired) electrons. The fourth-order valence-electron chi connectivity index (χ4n) is 4.37. The van der Waals surface area contributed by atoms with Crippen LogP contribution in [0.3, 0.4) is 0 Å². The van der Waals surface area contributed by atoms with Crippen LogP contribution >= 0.6 is 0 Å². The highest BCUT2D eigenvalue weighted by atomic mass is 16.5. The Morgan fingerprint density at radius 3 is 2.05 bits per heavy atom. The van der Waals surface area contributed by atoms with Gasteiger partial charge in [0.1, 0.15) is 0 Å². The van der Waals surface area contributed by atoms with Gasteiger partial charge in [-0.2, -0.15) is 0 Å². The number of hydrogen-bond donors (Lipinski definition) is 0. The highest BCUT2D eigenvalue weighted by molar-refractivity contribution is 4.78. The largest absolute Gasteiger partial charge is 0.378 e. The second-order valence-corrected chi connectivity index (χ2v) is 8.11. The second-order valence-electron chi connectivity index (χ2n) is 8.11. The van der Waals surface area contributed by atoms with Crippen molar-refractivity contribution in [2.75, 3.05) is 20.7 Å². The van der Waals surface area contributed by atoms with E-state index in [2.05, 4.69) is 25.9 Å². The first-order valence-corrected chi connectivity index (χ1v) is 9.97. The van der Waals surface area contributed by atoms with Gasteiger partial charge in [-0.05, 0) is 77.3 Å².